The second-order valence-electron chi connectivity index (χ2n) is 5.19. The van der Waals surface area contributed by atoms with Gasteiger partial charge in [0.1, 0.15) is 0 Å². The van der Waals surface area contributed by atoms with Gasteiger partial charge in [0.2, 0.25) is 0 Å². The number of ether oxygens (including phenoxy) is 1. The van der Waals surface area contributed by atoms with Crippen molar-refractivity contribution in [2.24, 2.45) is 5.41 Å². The Morgan fingerprint density at radius 2 is 2.11 bits per heavy atom. The van der Waals surface area contributed by atoms with Gasteiger partial charge in [-0.2, -0.15) is 5.10 Å². The van der Waals surface area contributed by atoms with E-state index in [0.29, 0.717) is 5.69 Å². The minimum absolute atomic E-state index is 0.0120. The zero-order valence-corrected chi connectivity index (χ0v) is 10.6. The van der Waals surface area contributed by atoms with Gasteiger partial charge in [0, 0.05) is 29.5 Å². The van der Waals surface area contributed by atoms with Crippen LogP contribution < -0.4 is 0 Å². The van der Waals surface area contributed by atoms with E-state index in [-0.39, 0.29) is 24.3 Å². The Labute approximate surface area is 104 Å². The maximum Gasteiger partial charge on any atom is 0.359 e. The van der Waals surface area contributed by atoms with Crippen molar-refractivity contribution < 1.29 is 18.3 Å². The summed E-state index contributed by atoms with van der Waals surface area (Å²) in [5.41, 5.74) is -0.257. The number of fused-ring (bicyclic) bond motifs is 1. The number of aromatic nitrogens is 2. The van der Waals surface area contributed by atoms with Crippen LogP contribution in [0.2, 0.25) is 0 Å². The minimum Gasteiger partial charge on any atom is -0.461 e. The van der Waals surface area contributed by atoms with Gasteiger partial charge in [-0.15, -0.1) is 0 Å². The van der Waals surface area contributed by atoms with Crippen LogP contribution in [-0.2, 0) is 17.6 Å². The molecule has 0 fully saturated rings. The monoisotopic (exact) mass is 258 g/mol. The lowest BCUT2D eigenvalue weighted by Gasteiger charge is -2.37. The van der Waals surface area contributed by atoms with Gasteiger partial charge < -0.3 is 4.74 Å². The van der Waals surface area contributed by atoms with Crippen molar-refractivity contribution in [1.29, 1.82) is 0 Å². The molecule has 0 radical (unpaired) electrons. The number of H-pyrrole nitrogens is 1. The Morgan fingerprint density at radius 3 is 2.72 bits per heavy atom. The molecular formula is C12H16F2N2O2. The molecule has 0 saturated carbocycles. The van der Waals surface area contributed by atoms with Crippen molar-refractivity contribution in [3.63, 3.8) is 0 Å². The molecule has 0 unspecified atom stereocenters. The van der Waals surface area contributed by atoms with Crippen molar-refractivity contribution in [3.05, 3.63) is 17.0 Å². The van der Waals surface area contributed by atoms with E-state index in [1.54, 1.807) is 6.92 Å². The van der Waals surface area contributed by atoms with E-state index >= 15 is 0 Å². The molecule has 100 valence electrons. The number of alkyl halides is 2. The number of hydrogen-bond donors (Lipinski definition) is 1. The third kappa shape index (κ3) is 1.89. The first-order valence-electron chi connectivity index (χ1n) is 5.89. The van der Waals surface area contributed by atoms with E-state index in [4.69, 9.17) is 4.74 Å². The molecule has 1 aliphatic carbocycles. The van der Waals surface area contributed by atoms with Gasteiger partial charge in [0.05, 0.1) is 6.61 Å². The van der Waals surface area contributed by atoms with Gasteiger partial charge in [0.25, 0.3) is 5.92 Å². The SMILES string of the molecule is CCOC(=O)c1n[nH]c2c1CC(F)(F)C(C)(C)C2. The summed E-state index contributed by atoms with van der Waals surface area (Å²) in [5, 5.41) is 6.49. The van der Waals surface area contributed by atoms with Gasteiger partial charge in [-0.05, 0) is 6.92 Å². The summed E-state index contributed by atoms with van der Waals surface area (Å²) in [5.74, 6) is -3.50. The third-order valence-electron chi connectivity index (χ3n) is 3.43. The molecule has 6 heteroatoms. The number of aromatic amines is 1. The number of hydrogen-bond acceptors (Lipinski definition) is 3. The number of carbonyl (C=O) groups is 1. The van der Waals surface area contributed by atoms with Crippen LogP contribution in [0.15, 0.2) is 0 Å². The summed E-state index contributed by atoms with van der Waals surface area (Å²) in [6.07, 6.45) is -0.304. The fourth-order valence-corrected chi connectivity index (χ4v) is 2.14. The summed E-state index contributed by atoms with van der Waals surface area (Å²) in [7, 11) is 0. The molecule has 0 aliphatic heterocycles. The highest BCUT2D eigenvalue weighted by Gasteiger charge is 2.51. The molecule has 2 rings (SSSR count). The lowest BCUT2D eigenvalue weighted by atomic mass is 9.73. The normalized spacial score (nSPS) is 20.3. The van der Waals surface area contributed by atoms with Gasteiger partial charge in [-0.25, -0.2) is 13.6 Å². The van der Waals surface area contributed by atoms with Crippen molar-refractivity contribution >= 4 is 5.97 Å². The molecule has 1 heterocycles. The molecule has 0 spiro atoms. The number of rotatable bonds is 2. The Hall–Kier alpha value is -1.46. The van der Waals surface area contributed by atoms with Crippen LogP contribution in [0, 0.1) is 5.41 Å². The second-order valence-corrected chi connectivity index (χ2v) is 5.19. The average Bonchev–Trinajstić information content (AvgIpc) is 2.60. The Morgan fingerprint density at radius 1 is 1.44 bits per heavy atom. The molecule has 0 aromatic carbocycles. The molecule has 4 nitrogen and oxygen atoms in total. The quantitative estimate of drug-likeness (QED) is 0.828. The van der Waals surface area contributed by atoms with Crippen molar-refractivity contribution in [1.82, 2.24) is 10.2 Å². The van der Waals surface area contributed by atoms with Crippen LogP contribution in [0.25, 0.3) is 0 Å². The lowest BCUT2D eigenvalue weighted by molar-refractivity contribution is -0.111. The fraction of sp³-hybridized carbons (Fsp3) is 0.667. The topological polar surface area (TPSA) is 55.0 Å². The maximum absolute atomic E-state index is 14.0. The number of carbonyl (C=O) groups excluding carboxylic acids is 1. The summed E-state index contributed by atoms with van der Waals surface area (Å²) in [6.45, 7) is 4.89. The molecule has 1 aromatic heterocycles. The zero-order chi connectivity index (χ0) is 13.6. The van der Waals surface area contributed by atoms with E-state index in [9.17, 15) is 13.6 Å². The van der Waals surface area contributed by atoms with Gasteiger partial charge in [0.15, 0.2) is 5.69 Å². The summed E-state index contributed by atoms with van der Waals surface area (Å²) in [4.78, 5) is 11.6. The smallest absolute Gasteiger partial charge is 0.359 e. The zero-order valence-electron chi connectivity index (χ0n) is 10.6. The molecule has 1 N–H and O–H groups in total. The van der Waals surface area contributed by atoms with E-state index in [0.717, 1.165) is 0 Å². The van der Waals surface area contributed by atoms with E-state index in [1.807, 2.05) is 0 Å². The Bertz CT molecular complexity index is 480. The van der Waals surface area contributed by atoms with Crippen molar-refractivity contribution in [2.75, 3.05) is 6.61 Å². The molecular weight excluding hydrogens is 242 g/mol. The van der Waals surface area contributed by atoms with E-state index in [2.05, 4.69) is 10.2 Å². The Balaban J connectivity index is 2.38. The summed E-state index contributed by atoms with van der Waals surface area (Å²) in [6, 6.07) is 0. The number of esters is 1. The fourth-order valence-electron chi connectivity index (χ4n) is 2.14. The molecule has 1 aliphatic rings. The van der Waals surface area contributed by atoms with Crippen LogP contribution in [-0.4, -0.2) is 28.7 Å². The summed E-state index contributed by atoms with van der Waals surface area (Å²) < 4.78 is 32.8. The van der Waals surface area contributed by atoms with Crippen molar-refractivity contribution in [2.45, 2.75) is 39.5 Å². The molecule has 0 bridgehead atoms. The van der Waals surface area contributed by atoms with Crippen LogP contribution in [0.5, 0.6) is 0 Å². The van der Waals surface area contributed by atoms with Crippen LogP contribution >= 0.6 is 0 Å². The van der Waals surface area contributed by atoms with Crippen LogP contribution in [0.3, 0.4) is 0 Å². The van der Waals surface area contributed by atoms with Crippen molar-refractivity contribution in [3.8, 4) is 0 Å². The van der Waals surface area contributed by atoms with Crippen LogP contribution in [0.4, 0.5) is 8.78 Å². The lowest BCUT2D eigenvalue weighted by Crippen LogP contribution is -2.44. The molecule has 0 saturated heterocycles. The number of nitrogens with one attached hydrogen (secondary N) is 1. The minimum atomic E-state index is -2.86. The standard InChI is InChI=1S/C12H16F2N2O2/c1-4-18-10(17)9-7-5-12(13,14)11(2,3)6-8(7)15-16-9/h4-6H2,1-3H3,(H,15,16). The summed E-state index contributed by atoms with van der Waals surface area (Å²) >= 11 is 0. The molecule has 18 heavy (non-hydrogen) atoms. The first-order chi connectivity index (χ1) is 8.28. The third-order valence-corrected chi connectivity index (χ3v) is 3.43. The number of nitrogens with zero attached hydrogens (tertiary/aromatic N) is 1. The second kappa shape index (κ2) is 4.03. The van der Waals surface area contributed by atoms with Gasteiger partial charge >= 0.3 is 5.97 Å². The van der Waals surface area contributed by atoms with E-state index < -0.39 is 23.7 Å². The van der Waals surface area contributed by atoms with Gasteiger partial charge in [-0.1, -0.05) is 13.8 Å². The average molecular weight is 258 g/mol. The predicted molar refractivity (Wildman–Crippen MR) is 60.7 cm³/mol. The van der Waals surface area contributed by atoms with E-state index in [1.165, 1.54) is 13.8 Å². The highest BCUT2D eigenvalue weighted by Crippen LogP contribution is 2.46. The molecule has 0 amide bonds. The highest BCUT2D eigenvalue weighted by atomic mass is 19.3. The molecule has 1 aromatic rings. The first kappa shape index (κ1) is 13.0. The first-order valence-corrected chi connectivity index (χ1v) is 5.89. The largest absolute Gasteiger partial charge is 0.461 e. The van der Waals surface area contributed by atoms with Crippen LogP contribution in [0.1, 0.15) is 42.5 Å². The van der Waals surface area contributed by atoms with Gasteiger partial charge in [-0.3, -0.25) is 5.10 Å². The Kier molecular flexibility index (Phi) is 2.91. The highest BCUT2D eigenvalue weighted by molar-refractivity contribution is 5.89. The predicted octanol–water partition coefficient (Wildman–Crippen LogP) is 2.35. The maximum atomic E-state index is 14.0. The molecule has 0 atom stereocenters. The number of halogens is 2.